The average molecular weight is 185 g/mol. The summed E-state index contributed by atoms with van der Waals surface area (Å²) in [5, 5.41) is 0. The molecular formula is C11H23NO. The average Bonchev–Trinajstić information content (AvgIpc) is 2.33. The Balaban J connectivity index is 2.18. The van der Waals surface area contributed by atoms with Crippen molar-refractivity contribution in [3.05, 3.63) is 0 Å². The van der Waals surface area contributed by atoms with Crippen LogP contribution in [0, 0.1) is 0 Å². The number of hydrogen-bond acceptors (Lipinski definition) is 2. The predicted molar refractivity (Wildman–Crippen MR) is 55.7 cm³/mol. The summed E-state index contributed by atoms with van der Waals surface area (Å²) in [6, 6.07) is 0. The Hall–Kier alpha value is -0.0800. The van der Waals surface area contributed by atoms with Gasteiger partial charge in [0.05, 0.1) is 5.60 Å². The normalized spacial score (nSPS) is 22.2. The van der Waals surface area contributed by atoms with E-state index in [9.17, 15) is 0 Å². The molecule has 0 aromatic carbocycles. The van der Waals surface area contributed by atoms with E-state index in [0.29, 0.717) is 0 Å². The molecule has 1 fully saturated rings. The standard InChI is InChI=1S/C11H23NO/c1-10(2,3)13-9-8-11(12)6-4-5-7-11/h4-9,12H2,1-3H3. The van der Waals surface area contributed by atoms with Gasteiger partial charge in [-0.1, -0.05) is 12.8 Å². The van der Waals surface area contributed by atoms with Crippen LogP contribution in [0.25, 0.3) is 0 Å². The van der Waals surface area contributed by atoms with E-state index in [1.165, 1.54) is 25.7 Å². The van der Waals surface area contributed by atoms with Gasteiger partial charge in [0.25, 0.3) is 0 Å². The molecule has 0 heterocycles. The molecule has 2 N–H and O–H groups in total. The van der Waals surface area contributed by atoms with Gasteiger partial charge in [-0.3, -0.25) is 0 Å². The molecule has 78 valence electrons. The molecule has 0 atom stereocenters. The van der Waals surface area contributed by atoms with E-state index in [2.05, 4.69) is 20.8 Å². The van der Waals surface area contributed by atoms with Gasteiger partial charge in [0.2, 0.25) is 0 Å². The molecular weight excluding hydrogens is 162 g/mol. The lowest BCUT2D eigenvalue weighted by Gasteiger charge is -2.26. The Morgan fingerprint density at radius 2 is 1.77 bits per heavy atom. The van der Waals surface area contributed by atoms with Crippen molar-refractivity contribution in [1.29, 1.82) is 0 Å². The summed E-state index contributed by atoms with van der Waals surface area (Å²) in [5.74, 6) is 0. The molecule has 0 radical (unpaired) electrons. The maximum atomic E-state index is 6.21. The largest absolute Gasteiger partial charge is 0.376 e. The van der Waals surface area contributed by atoms with Crippen LogP contribution in [0.5, 0.6) is 0 Å². The lowest BCUT2D eigenvalue weighted by atomic mass is 9.95. The zero-order valence-corrected chi connectivity index (χ0v) is 9.23. The second-order valence-electron chi connectivity index (χ2n) is 5.28. The first-order valence-corrected chi connectivity index (χ1v) is 5.34. The fourth-order valence-electron chi connectivity index (χ4n) is 1.89. The fourth-order valence-corrected chi connectivity index (χ4v) is 1.89. The van der Waals surface area contributed by atoms with Crippen molar-refractivity contribution in [2.45, 2.75) is 64.0 Å². The summed E-state index contributed by atoms with van der Waals surface area (Å²) in [5.41, 5.74) is 6.28. The van der Waals surface area contributed by atoms with Gasteiger partial charge in [-0.25, -0.2) is 0 Å². The van der Waals surface area contributed by atoms with Gasteiger partial charge in [-0.2, -0.15) is 0 Å². The van der Waals surface area contributed by atoms with Gasteiger partial charge >= 0.3 is 0 Å². The number of ether oxygens (including phenoxy) is 1. The third-order valence-electron chi connectivity index (χ3n) is 2.73. The Kier molecular flexibility index (Phi) is 3.36. The molecule has 0 aliphatic heterocycles. The zero-order chi connectivity index (χ0) is 9.95. The molecule has 0 aromatic rings. The minimum absolute atomic E-state index is 0.0189. The molecule has 1 rings (SSSR count). The number of nitrogens with two attached hydrogens (primary N) is 1. The van der Waals surface area contributed by atoms with Crippen LogP contribution in [0.15, 0.2) is 0 Å². The van der Waals surface area contributed by atoms with Gasteiger partial charge in [-0.05, 0) is 40.0 Å². The smallest absolute Gasteiger partial charge is 0.0598 e. The second-order valence-corrected chi connectivity index (χ2v) is 5.28. The Morgan fingerprint density at radius 3 is 2.23 bits per heavy atom. The highest BCUT2D eigenvalue weighted by molar-refractivity contribution is 4.88. The van der Waals surface area contributed by atoms with Crippen LogP contribution in [0.3, 0.4) is 0 Å². The van der Waals surface area contributed by atoms with Gasteiger partial charge in [-0.15, -0.1) is 0 Å². The van der Waals surface area contributed by atoms with Crippen LogP contribution >= 0.6 is 0 Å². The Morgan fingerprint density at radius 1 is 1.23 bits per heavy atom. The molecule has 2 heteroatoms. The first-order valence-electron chi connectivity index (χ1n) is 5.34. The third kappa shape index (κ3) is 4.10. The van der Waals surface area contributed by atoms with Crippen molar-refractivity contribution in [3.63, 3.8) is 0 Å². The highest BCUT2D eigenvalue weighted by atomic mass is 16.5. The van der Waals surface area contributed by atoms with Crippen molar-refractivity contribution in [2.24, 2.45) is 5.73 Å². The zero-order valence-electron chi connectivity index (χ0n) is 9.23. The van der Waals surface area contributed by atoms with E-state index in [-0.39, 0.29) is 11.1 Å². The molecule has 0 aromatic heterocycles. The quantitative estimate of drug-likeness (QED) is 0.733. The maximum absolute atomic E-state index is 6.21. The minimum atomic E-state index is -0.0189. The van der Waals surface area contributed by atoms with Crippen molar-refractivity contribution in [1.82, 2.24) is 0 Å². The van der Waals surface area contributed by atoms with E-state index in [1.54, 1.807) is 0 Å². The molecule has 13 heavy (non-hydrogen) atoms. The van der Waals surface area contributed by atoms with Crippen LogP contribution in [0.1, 0.15) is 52.9 Å². The lowest BCUT2D eigenvalue weighted by Crippen LogP contribution is -2.38. The van der Waals surface area contributed by atoms with Crippen LogP contribution in [0.2, 0.25) is 0 Å². The lowest BCUT2D eigenvalue weighted by molar-refractivity contribution is -0.0109. The number of rotatable bonds is 3. The maximum Gasteiger partial charge on any atom is 0.0598 e. The molecule has 1 saturated carbocycles. The molecule has 0 unspecified atom stereocenters. The van der Waals surface area contributed by atoms with E-state index in [4.69, 9.17) is 10.5 Å². The highest BCUT2D eigenvalue weighted by Crippen LogP contribution is 2.30. The van der Waals surface area contributed by atoms with Crippen molar-refractivity contribution in [2.75, 3.05) is 6.61 Å². The third-order valence-corrected chi connectivity index (χ3v) is 2.73. The number of hydrogen-bond donors (Lipinski definition) is 1. The Bertz CT molecular complexity index is 154. The van der Waals surface area contributed by atoms with Gasteiger partial charge in [0.1, 0.15) is 0 Å². The van der Waals surface area contributed by atoms with Crippen LogP contribution in [-0.2, 0) is 4.74 Å². The molecule has 1 aliphatic rings. The topological polar surface area (TPSA) is 35.2 Å². The summed E-state index contributed by atoms with van der Waals surface area (Å²) < 4.78 is 5.68. The molecule has 1 aliphatic carbocycles. The van der Waals surface area contributed by atoms with Gasteiger partial charge in [0, 0.05) is 12.1 Å². The van der Waals surface area contributed by atoms with Gasteiger partial charge in [0.15, 0.2) is 0 Å². The molecule has 2 nitrogen and oxygen atoms in total. The summed E-state index contributed by atoms with van der Waals surface area (Å²) in [6.07, 6.45) is 5.98. The van der Waals surface area contributed by atoms with Crippen LogP contribution < -0.4 is 5.73 Å². The van der Waals surface area contributed by atoms with E-state index in [0.717, 1.165) is 13.0 Å². The van der Waals surface area contributed by atoms with E-state index >= 15 is 0 Å². The summed E-state index contributed by atoms with van der Waals surface area (Å²) >= 11 is 0. The SMILES string of the molecule is CC(C)(C)OCCC1(N)CCCC1. The van der Waals surface area contributed by atoms with Gasteiger partial charge < -0.3 is 10.5 Å². The van der Waals surface area contributed by atoms with Crippen molar-refractivity contribution < 1.29 is 4.74 Å². The van der Waals surface area contributed by atoms with Crippen molar-refractivity contribution >= 4 is 0 Å². The molecule has 0 spiro atoms. The fraction of sp³-hybridized carbons (Fsp3) is 1.00. The summed E-state index contributed by atoms with van der Waals surface area (Å²) in [6.45, 7) is 7.07. The van der Waals surface area contributed by atoms with Crippen LogP contribution in [0.4, 0.5) is 0 Å². The minimum Gasteiger partial charge on any atom is -0.376 e. The molecule has 0 saturated heterocycles. The van der Waals surface area contributed by atoms with Crippen molar-refractivity contribution in [3.8, 4) is 0 Å². The first-order chi connectivity index (χ1) is 5.91. The predicted octanol–water partition coefficient (Wildman–Crippen LogP) is 2.46. The monoisotopic (exact) mass is 185 g/mol. The first kappa shape index (κ1) is 11.0. The highest BCUT2D eigenvalue weighted by Gasteiger charge is 2.29. The summed E-state index contributed by atoms with van der Waals surface area (Å²) in [7, 11) is 0. The second kappa shape index (κ2) is 3.97. The Labute approximate surface area is 81.8 Å². The molecule has 0 bridgehead atoms. The summed E-state index contributed by atoms with van der Waals surface area (Å²) in [4.78, 5) is 0. The van der Waals surface area contributed by atoms with E-state index < -0.39 is 0 Å². The molecule has 0 amide bonds. The van der Waals surface area contributed by atoms with Crippen LogP contribution in [-0.4, -0.2) is 17.7 Å². The van der Waals surface area contributed by atoms with E-state index in [1.807, 2.05) is 0 Å².